The molecule has 10 heteroatoms. The van der Waals surface area contributed by atoms with E-state index in [9.17, 15) is 19.7 Å². The Hall–Kier alpha value is -3.66. The molecule has 1 saturated heterocycles. The molecule has 4 rings (SSSR count). The molecule has 36 heavy (non-hydrogen) atoms. The van der Waals surface area contributed by atoms with Crippen molar-refractivity contribution in [2.24, 2.45) is 5.92 Å². The highest BCUT2D eigenvalue weighted by atomic mass is 16.7. The lowest BCUT2D eigenvalue weighted by molar-refractivity contribution is -0.386. The zero-order valence-corrected chi connectivity index (χ0v) is 20.7. The Labute approximate surface area is 209 Å². The molecule has 1 fully saturated rings. The lowest BCUT2D eigenvalue weighted by Crippen LogP contribution is -2.43. The minimum absolute atomic E-state index is 0.0417. The van der Waals surface area contributed by atoms with Gasteiger partial charge in [0.2, 0.25) is 12.7 Å². The van der Waals surface area contributed by atoms with Crippen LogP contribution in [0.4, 0.5) is 11.4 Å². The van der Waals surface area contributed by atoms with Gasteiger partial charge in [0.1, 0.15) is 6.04 Å². The fourth-order valence-electron chi connectivity index (χ4n) is 4.64. The van der Waals surface area contributed by atoms with Crippen molar-refractivity contribution in [3.05, 3.63) is 57.6 Å². The number of carbonyl (C=O) groups excluding carboxylic acids is 2. The summed E-state index contributed by atoms with van der Waals surface area (Å²) in [7, 11) is 0. The summed E-state index contributed by atoms with van der Waals surface area (Å²) in [6.45, 7) is 7.01. The maximum absolute atomic E-state index is 13.7. The molecule has 10 nitrogen and oxygen atoms in total. The number of hydrogen-bond donors (Lipinski definition) is 1. The number of benzene rings is 2. The molecule has 2 aliphatic rings. The van der Waals surface area contributed by atoms with Crippen LogP contribution < -0.4 is 14.8 Å². The molecule has 2 heterocycles. The van der Waals surface area contributed by atoms with Crippen molar-refractivity contribution < 1.29 is 28.7 Å². The summed E-state index contributed by atoms with van der Waals surface area (Å²) in [5, 5.41) is 14.9. The van der Waals surface area contributed by atoms with Crippen molar-refractivity contribution in [3.63, 3.8) is 0 Å². The fourth-order valence-corrected chi connectivity index (χ4v) is 4.64. The summed E-state index contributed by atoms with van der Waals surface area (Å²) in [6, 6.07) is 9.40. The topological polar surface area (TPSA) is 120 Å². The van der Waals surface area contributed by atoms with Gasteiger partial charge in [-0.15, -0.1) is 0 Å². The van der Waals surface area contributed by atoms with E-state index in [1.165, 1.54) is 12.1 Å². The lowest BCUT2D eigenvalue weighted by Gasteiger charge is -2.36. The number of carbonyl (C=O) groups is 2. The van der Waals surface area contributed by atoms with Crippen LogP contribution in [-0.4, -0.2) is 48.2 Å². The SMILES string of the molecule is CCOC(=O)C1CCN([C@@H](C(=O)Nc2ccc(C(C)C)cc2)c2cc3c(cc2[N+](=O)[O-])OCO3)CC1. The molecule has 2 aromatic carbocycles. The maximum atomic E-state index is 13.7. The van der Waals surface area contributed by atoms with E-state index in [-0.39, 0.29) is 35.7 Å². The Balaban J connectivity index is 1.65. The summed E-state index contributed by atoms with van der Waals surface area (Å²) in [6.07, 6.45) is 0.980. The zero-order chi connectivity index (χ0) is 25.8. The van der Waals surface area contributed by atoms with Gasteiger partial charge in [-0.25, -0.2) is 0 Å². The second-order valence-electron chi connectivity index (χ2n) is 9.25. The van der Waals surface area contributed by atoms with Crippen molar-refractivity contribution in [1.29, 1.82) is 0 Å². The number of rotatable bonds is 8. The highest BCUT2D eigenvalue weighted by Crippen LogP contribution is 2.42. The molecule has 1 N–H and O–H groups in total. The fraction of sp³-hybridized carbons (Fsp3) is 0.462. The van der Waals surface area contributed by atoms with Crippen LogP contribution in [0.5, 0.6) is 11.5 Å². The minimum Gasteiger partial charge on any atom is -0.466 e. The van der Waals surface area contributed by atoms with Gasteiger partial charge in [0.15, 0.2) is 11.5 Å². The third-order valence-corrected chi connectivity index (χ3v) is 6.62. The van der Waals surface area contributed by atoms with Gasteiger partial charge in [0.05, 0.1) is 29.1 Å². The molecule has 0 radical (unpaired) electrons. The molecule has 0 saturated carbocycles. The molecule has 0 aliphatic carbocycles. The standard InChI is InChI=1S/C26H31N3O7/c1-4-34-26(31)18-9-11-28(12-10-18)24(25(30)27-19-7-5-17(6-8-19)16(2)3)20-13-22-23(36-15-35-22)14-21(20)29(32)33/h5-8,13-14,16,18,24H,4,9-12,15H2,1-3H3,(H,27,30)/t24-/m1/s1. The number of nitro groups is 1. The largest absolute Gasteiger partial charge is 0.466 e. The molecular formula is C26H31N3O7. The number of likely N-dealkylation sites (tertiary alicyclic amines) is 1. The number of piperidine rings is 1. The quantitative estimate of drug-likeness (QED) is 0.324. The maximum Gasteiger partial charge on any atom is 0.309 e. The third-order valence-electron chi connectivity index (χ3n) is 6.62. The molecule has 2 aromatic rings. The van der Waals surface area contributed by atoms with E-state index in [1.807, 2.05) is 29.2 Å². The number of fused-ring (bicyclic) bond motifs is 1. The number of amides is 1. The van der Waals surface area contributed by atoms with E-state index >= 15 is 0 Å². The minimum atomic E-state index is -0.965. The monoisotopic (exact) mass is 497 g/mol. The molecule has 0 aromatic heterocycles. The zero-order valence-electron chi connectivity index (χ0n) is 20.7. The van der Waals surface area contributed by atoms with Crippen LogP contribution in [0, 0.1) is 16.0 Å². The van der Waals surface area contributed by atoms with Crippen LogP contribution in [0.25, 0.3) is 0 Å². The first-order valence-electron chi connectivity index (χ1n) is 12.2. The van der Waals surface area contributed by atoms with Crippen molar-refractivity contribution in [2.45, 2.75) is 45.6 Å². The predicted molar refractivity (Wildman–Crippen MR) is 132 cm³/mol. The molecule has 0 spiro atoms. The number of esters is 1. The Morgan fingerprint density at radius 3 is 2.36 bits per heavy atom. The number of nitrogens with zero attached hydrogens (tertiary/aromatic N) is 2. The number of nitrogens with one attached hydrogen (secondary N) is 1. The smallest absolute Gasteiger partial charge is 0.309 e. The summed E-state index contributed by atoms with van der Waals surface area (Å²) in [4.78, 5) is 39.3. The van der Waals surface area contributed by atoms with Crippen LogP contribution in [0.1, 0.15) is 56.7 Å². The normalized spacial score (nSPS) is 16.6. The van der Waals surface area contributed by atoms with Gasteiger partial charge in [0, 0.05) is 18.8 Å². The highest BCUT2D eigenvalue weighted by Gasteiger charge is 2.38. The van der Waals surface area contributed by atoms with Crippen LogP contribution in [-0.2, 0) is 14.3 Å². The van der Waals surface area contributed by atoms with Crippen LogP contribution in [0.15, 0.2) is 36.4 Å². The summed E-state index contributed by atoms with van der Waals surface area (Å²) >= 11 is 0. The number of anilines is 1. The molecule has 2 aliphatic heterocycles. The first-order valence-corrected chi connectivity index (χ1v) is 12.2. The lowest BCUT2D eigenvalue weighted by atomic mass is 9.93. The van der Waals surface area contributed by atoms with Crippen LogP contribution >= 0.6 is 0 Å². The Kier molecular flexibility index (Phi) is 7.73. The van der Waals surface area contributed by atoms with E-state index in [0.29, 0.717) is 49.9 Å². The summed E-state index contributed by atoms with van der Waals surface area (Å²) in [5.41, 5.74) is 1.73. The van der Waals surface area contributed by atoms with E-state index in [1.54, 1.807) is 6.92 Å². The number of nitro benzene ring substituents is 1. The van der Waals surface area contributed by atoms with Gasteiger partial charge >= 0.3 is 5.97 Å². The third kappa shape index (κ3) is 5.43. The molecule has 0 bridgehead atoms. The Morgan fingerprint density at radius 1 is 1.14 bits per heavy atom. The van der Waals surface area contributed by atoms with Gasteiger partial charge < -0.3 is 19.5 Å². The first-order chi connectivity index (χ1) is 17.3. The molecule has 1 atom stereocenters. The second kappa shape index (κ2) is 10.9. The van der Waals surface area contributed by atoms with Gasteiger partial charge in [-0.2, -0.15) is 0 Å². The van der Waals surface area contributed by atoms with Gasteiger partial charge in [-0.05, 0) is 49.4 Å². The van der Waals surface area contributed by atoms with Gasteiger partial charge in [0.25, 0.3) is 5.69 Å². The molecule has 1 amide bonds. The van der Waals surface area contributed by atoms with E-state index < -0.39 is 16.9 Å². The van der Waals surface area contributed by atoms with Crippen molar-refractivity contribution >= 4 is 23.3 Å². The number of ether oxygens (including phenoxy) is 3. The van der Waals surface area contributed by atoms with Gasteiger partial charge in [-0.3, -0.25) is 24.6 Å². The van der Waals surface area contributed by atoms with Crippen LogP contribution in [0.3, 0.4) is 0 Å². The average Bonchev–Trinajstić information content (AvgIpc) is 3.32. The number of hydrogen-bond acceptors (Lipinski definition) is 8. The van der Waals surface area contributed by atoms with E-state index in [2.05, 4.69) is 19.2 Å². The summed E-state index contributed by atoms with van der Waals surface area (Å²) in [5.74, 6) is 0.0620. The van der Waals surface area contributed by atoms with E-state index in [4.69, 9.17) is 14.2 Å². The molecule has 192 valence electrons. The highest BCUT2D eigenvalue weighted by molar-refractivity contribution is 5.96. The van der Waals surface area contributed by atoms with Crippen molar-refractivity contribution in [1.82, 2.24) is 4.90 Å². The van der Waals surface area contributed by atoms with Gasteiger partial charge in [-0.1, -0.05) is 26.0 Å². The van der Waals surface area contributed by atoms with E-state index in [0.717, 1.165) is 5.56 Å². The van der Waals surface area contributed by atoms with Crippen LogP contribution in [0.2, 0.25) is 0 Å². The first kappa shape index (κ1) is 25.4. The molecule has 0 unspecified atom stereocenters. The molecular weight excluding hydrogens is 466 g/mol. The Morgan fingerprint density at radius 2 is 1.78 bits per heavy atom. The Bertz CT molecular complexity index is 1130. The second-order valence-corrected chi connectivity index (χ2v) is 9.25. The predicted octanol–water partition coefficient (Wildman–Crippen LogP) is 4.40. The summed E-state index contributed by atoms with van der Waals surface area (Å²) < 4.78 is 16.0. The van der Waals surface area contributed by atoms with Crippen molar-refractivity contribution in [2.75, 3.05) is 31.8 Å². The average molecular weight is 498 g/mol. The van der Waals surface area contributed by atoms with Crippen molar-refractivity contribution in [3.8, 4) is 11.5 Å².